The van der Waals surface area contributed by atoms with E-state index in [-0.39, 0.29) is 25.8 Å². The number of carboxylic acid groups (broad SMARTS) is 2. The van der Waals surface area contributed by atoms with Gasteiger partial charge in [0.15, 0.2) is 0 Å². The van der Waals surface area contributed by atoms with Crippen molar-refractivity contribution in [1.82, 2.24) is 15.5 Å². The number of carboxylic acids is 2. The highest BCUT2D eigenvalue weighted by molar-refractivity contribution is 7.98. The van der Waals surface area contributed by atoms with Crippen LogP contribution in [0, 0.1) is 0 Å². The van der Waals surface area contributed by atoms with Crippen molar-refractivity contribution in [3.8, 4) is 0 Å². The fraction of sp³-hybridized carbons (Fsp3) is 0.722. The monoisotopic (exact) mass is 446 g/mol. The molecule has 4 atom stereocenters. The molecular formula is C18H30N4O7S. The minimum Gasteiger partial charge on any atom is -0.481 e. The van der Waals surface area contributed by atoms with Crippen molar-refractivity contribution in [2.45, 2.75) is 63.2 Å². The lowest BCUT2D eigenvalue weighted by Crippen LogP contribution is -2.57. The fourth-order valence-corrected chi connectivity index (χ4v) is 3.56. The summed E-state index contributed by atoms with van der Waals surface area (Å²) in [6.45, 7) is 1.68. The summed E-state index contributed by atoms with van der Waals surface area (Å²) in [5.74, 6) is -3.56. The molecule has 30 heavy (non-hydrogen) atoms. The molecule has 170 valence electrons. The Kier molecular flexibility index (Phi) is 10.6. The highest BCUT2D eigenvalue weighted by Crippen LogP contribution is 2.19. The molecule has 0 unspecified atom stereocenters. The molecule has 3 amide bonds. The van der Waals surface area contributed by atoms with Gasteiger partial charge in [0.25, 0.3) is 0 Å². The number of amides is 3. The molecule has 0 aliphatic carbocycles. The highest BCUT2D eigenvalue weighted by atomic mass is 32.2. The Morgan fingerprint density at radius 1 is 1.10 bits per heavy atom. The van der Waals surface area contributed by atoms with E-state index in [1.54, 1.807) is 0 Å². The summed E-state index contributed by atoms with van der Waals surface area (Å²) in [7, 11) is 0. The van der Waals surface area contributed by atoms with Crippen LogP contribution in [-0.2, 0) is 24.0 Å². The Bertz CT molecular complexity index is 658. The van der Waals surface area contributed by atoms with Gasteiger partial charge in [0.2, 0.25) is 17.7 Å². The molecule has 1 aliphatic rings. The molecule has 0 spiro atoms. The van der Waals surface area contributed by atoms with Crippen molar-refractivity contribution in [3.63, 3.8) is 0 Å². The van der Waals surface area contributed by atoms with Crippen LogP contribution in [0.1, 0.15) is 39.0 Å². The fourth-order valence-electron chi connectivity index (χ4n) is 3.09. The van der Waals surface area contributed by atoms with Crippen molar-refractivity contribution in [2.24, 2.45) is 5.73 Å². The average Bonchev–Trinajstić information content (AvgIpc) is 3.17. The second kappa shape index (κ2) is 12.4. The van der Waals surface area contributed by atoms with Crippen LogP contribution < -0.4 is 16.4 Å². The summed E-state index contributed by atoms with van der Waals surface area (Å²) < 4.78 is 0. The number of carbonyl (C=O) groups is 5. The first-order valence-electron chi connectivity index (χ1n) is 9.68. The second-order valence-electron chi connectivity index (χ2n) is 7.15. The molecule has 1 rings (SSSR count). The van der Waals surface area contributed by atoms with E-state index in [2.05, 4.69) is 10.6 Å². The quantitative estimate of drug-likeness (QED) is 0.251. The third kappa shape index (κ3) is 7.82. The molecule has 0 saturated carbocycles. The molecule has 1 saturated heterocycles. The lowest BCUT2D eigenvalue weighted by molar-refractivity contribution is -0.150. The predicted octanol–water partition coefficient (Wildman–Crippen LogP) is -1.00. The van der Waals surface area contributed by atoms with Crippen LogP contribution in [0.2, 0.25) is 0 Å². The van der Waals surface area contributed by atoms with Crippen molar-refractivity contribution < 1.29 is 34.2 Å². The van der Waals surface area contributed by atoms with Crippen LogP contribution >= 0.6 is 11.8 Å². The third-order valence-corrected chi connectivity index (χ3v) is 5.38. The largest absolute Gasteiger partial charge is 0.481 e. The van der Waals surface area contributed by atoms with Crippen LogP contribution in [-0.4, -0.2) is 87.5 Å². The highest BCUT2D eigenvalue weighted by Gasteiger charge is 2.38. The molecule has 0 radical (unpaired) electrons. The summed E-state index contributed by atoms with van der Waals surface area (Å²) in [5.41, 5.74) is 5.54. The molecule has 0 aromatic carbocycles. The maximum Gasteiger partial charge on any atom is 0.326 e. The number of nitrogens with two attached hydrogens (primary N) is 1. The molecule has 1 heterocycles. The summed E-state index contributed by atoms with van der Waals surface area (Å²) in [4.78, 5) is 61.2. The first-order valence-corrected chi connectivity index (χ1v) is 11.1. The number of thioether (sulfide) groups is 1. The SMILES string of the molecule is CSCC[C@H](NC(=O)[C@H](C)N)C(=O)N[C@@H](CCC(=O)O)C(=O)N1CCC[C@H]1C(=O)O. The minimum atomic E-state index is -1.21. The first kappa shape index (κ1) is 25.7. The number of rotatable bonds is 12. The Hall–Kier alpha value is -2.34. The number of likely N-dealkylation sites (tertiary alicyclic amines) is 1. The molecule has 1 aliphatic heterocycles. The summed E-state index contributed by atoms with van der Waals surface area (Å²) in [6, 6.07) is -4.01. The molecule has 0 aromatic heterocycles. The van der Waals surface area contributed by atoms with Gasteiger partial charge in [0.05, 0.1) is 6.04 Å². The van der Waals surface area contributed by atoms with E-state index in [1.165, 1.54) is 18.7 Å². The van der Waals surface area contributed by atoms with E-state index in [0.717, 1.165) is 4.90 Å². The average molecular weight is 447 g/mol. The Balaban J connectivity index is 2.98. The Labute approximate surface area is 179 Å². The van der Waals surface area contributed by atoms with Crippen LogP contribution in [0.25, 0.3) is 0 Å². The van der Waals surface area contributed by atoms with Gasteiger partial charge in [-0.2, -0.15) is 11.8 Å². The number of nitrogens with one attached hydrogen (secondary N) is 2. The van der Waals surface area contributed by atoms with E-state index in [4.69, 9.17) is 10.8 Å². The van der Waals surface area contributed by atoms with E-state index in [0.29, 0.717) is 18.6 Å². The van der Waals surface area contributed by atoms with Crippen LogP contribution in [0.3, 0.4) is 0 Å². The lowest BCUT2D eigenvalue weighted by atomic mass is 10.1. The van der Waals surface area contributed by atoms with Crippen molar-refractivity contribution in [1.29, 1.82) is 0 Å². The molecule has 6 N–H and O–H groups in total. The summed E-state index contributed by atoms with van der Waals surface area (Å²) >= 11 is 1.47. The van der Waals surface area contributed by atoms with Gasteiger partial charge in [-0.05, 0) is 44.6 Å². The van der Waals surface area contributed by atoms with Gasteiger partial charge >= 0.3 is 11.9 Å². The Morgan fingerprint density at radius 2 is 1.73 bits per heavy atom. The van der Waals surface area contributed by atoms with Crippen LogP contribution in [0.4, 0.5) is 0 Å². The molecule has 0 aromatic rings. The number of hydrogen-bond acceptors (Lipinski definition) is 7. The zero-order valence-electron chi connectivity index (χ0n) is 17.1. The first-order chi connectivity index (χ1) is 14.1. The van der Waals surface area contributed by atoms with Gasteiger partial charge < -0.3 is 31.5 Å². The zero-order valence-corrected chi connectivity index (χ0v) is 17.9. The summed E-state index contributed by atoms with van der Waals surface area (Å²) in [5, 5.41) is 23.3. The summed E-state index contributed by atoms with van der Waals surface area (Å²) in [6.07, 6.45) is 2.33. The van der Waals surface area contributed by atoms with Gasteiger partial charge in [-0.3, -0.25) is 19.2 Å². The molecule has 0 bridgehead atoms. The van der Waals surface area contributed by atoms with Crippen LogP contribution in [0.5, 0.6) is 0 Å². The number of aliphatic carboxylic acids is 2. The molecular weight excluding hydrogens is 416 g/mol. The van der Waals surface area contributed by atoms with Gasteiger partial charge in [-0.1, -0.05) is 0 Å². The van der Waals surface area contributed by atoms with E-state index < -0.39 is 53.8 Å². The smallest absolute Gasteiger partial charge is 0.326 e. The van der Waals surface area contributed by atoms with Crippen molar-refractivity contribution in [2.75, 3.05) is 18.6 Å². The van der Waals surface area contributed by atoms with Crippen molar-refractivity contribution in [3.05, 3.63) is 0 Å². The number of hydrogen-bond donors (Lipinski definition) is 5. The van der Waals surface area contributed by atoms with Gasteiger partial charge in [-0.25, -0.2) is 4.79 Å². The van der Waals surface area contributed by atoms with E-state index >= 15 is 0 Å². The topological polar surface area (TPSA) is 179 Å². The lowest BCUT2D eigenvalue weighted by Gasteiger charge is -2.28. The molecule has 1 fully saturated rings. The van der Waals surface area contributed by atoms with Gasteiger partial charge in [0, 0.05) is 13.0 Å². The normalized spacial score (nSPS) is 18.9. The molecule has 11 nitrogen and oxygen atoms in total. The van der Waals surface area contributed by atoms with Crippen molar-refractivity contribution >= 4 is 41.4 Å². The van der Waals surface area contributed by atoms with Gasteiger partial charge in [0.1, 0.15) is 18.1 Å². The van der Waals surface area contributed by atoms with Gasteiger partial charge in [-0.15, -0.1) is 0 Å². The maximum absolute atomic E-state index is 12.9. The maximum atomic E-state index is 12.9. The van der Waals surface area contributed by atoms with Crippen LogP contribution in [0.15, 0.2) is 0 Å². The molecule has 12 heteroatoms. The predicted molar refractivity (Wildman–Crippen MR) is 110 cm³/mol. The zero-order chi connectivity index (χ0) is 22.8. The third-order valence-electron chi connectivity index (χ3n) is 4.74. The standard InChI is InChI=1S/C18H30N4O7S/c1-10(19)15(25)20-11(7-9-30-2)16(26)21-12(5-6-14(23)24)17(27)22-8-3-4-13(22)18(28)29/h10-13H,3-9,19H2,1-2H3,(H,20,25)(H,21,26)(H,23,24)(H,28,29)/t10-,11-,12-,13-/m0/s1. The Morgan fingerprint density at radius 3 is 2.27 bits per heavy atom. The number of nitrogens with zero attached hydrogens (tertiary/aromatic N) is 1. The minimum absolute atomic E-state index is 0.195. The number of carbonyl (C=O) groups excluding carboxylic acids is 3. The van der Waals surface area contributed by atoms with E-state index in [1.807, 2.05) is 6.26 Å². The van der Waals surface area contributed by atoms with E-state index in [9.17, 15) is 29.1 Å². The second-order valence-corrected chi connectivity index (χ2v) is 8.14.